The molecule has 0 bridgehead atoms. The van der Waals surface area contributed by atoms with Crippen LogP contribution in [0, 0.1) is 28.4 Å². The quantitative estimate of drug-likeness (QED) is 0.490. The summed E-state index contributed by atoms with van der Waals surface area (Å²) in [5, 5.41) is 31.2. The lowest BCUT2D eigenvalue weighted by Crippen LogP contribution is -2.30. The minimum Gasteiger partial charge on any atom is -0.494 e. The van der Waals surface area contributed by atoms with Crippen molar-refractivity contribution in [1.82, 2.24) is 4.57 Å². The number of nitro groups is 1. The molecule has 8 nitrogen and oxygen atoms in total. The van der Waals surface area contributed by atoms with Gasteiger partial charge in [0.2, 0.25) is 5.88 Å². The largest absolute Gasteiger partial charge is 0.494 e. The highest BCUT2D eigenvalue weighted by Crippen LogP contribution is 2.32. The summed E-state index contributed by atoms with van der Waals surface area (Å²) in [6.45, 7) is 1.58. The Morgan fingerprint density at radius 3 is 2.71 bits per heavy atom. The summed E-state index contributed by atoms with van der Waals surface area (Å²) in [6.07, 6.45) is 5.89. The zero-order valence-corrected chi connectivity index (χ0v) is 15.5. The molecule has 1 aromatic carbocycles. The molecule has 3 rings (SSSR count). The first-order chi connectivity index (χ1) is 13.4. The summed E-state index contributed by atoms with van der Waals surface area (Å²) in [7, 11) is 0. The van der Waals surface area contributed by atoms with Crippen molar-refractivity contribution in [3.8, 4) is 11.9 Å². The molecule has 1 aromatic heterocycles. The molecule has 0 aliphatic heterocycles. The summed E-state index contributed by atoms with van der Waals surface area (Å²) in [5.41, 5.74) is 0.336. The van der Waals surface area contributed by atoms with E-state index in [1.807, 2.05) is 6.07 Å². The molecule has 28 heavy (non-hydrogen) atoms. The monoisotopic (exact) mass is 380 g/mol. The summed E-state index contributed by atoms with van der Waals surface area (Å²) < 4.78 is 1.31. The Bertz CT molecular complexity index is 1040. The van der Waals surface area contributed by atoms with Crippen LogP contribution in [-0.2, 0) is 0 Å². The first-order valence-electron chi connectivity index (χ1n) is 9.10. The summed E-state index contributed by atoms with van der Waals surface area (Å²) in [6, 6.07) is 7.56. The van der Waals surface area contributed by atoms with Gasteiger partial charge < -0.3 is 5.11 Å². The van der Waals surface area contributed by atoms with E-state index in [0.29, 0.717) is 11.3 Å². The van der Waals surface area contributed by atoms with Gasteiger partial charge in [0.25, 0.3) is 11.2 Å². The first kappa shape index (κ1) is 19.3. The Morgan fingerprint density at radius 2 is 2.07 bits per heavy atom. The highest BCUT2D eigenvalue weighted by atomic mass is 16.6. The average molecular weight is 380 g/mol. The molecular weight excluding hydrogens is 360 g/mol. The minimum atomic E-state index is -0.515. The maximum atomic E-state index is 12.7. The number of aliphatic imine (C=N–C) groups is 1. The molecule has 0 radical (unpaired) electrons. The lowest BCUT2D eigenvalue weighted by atomic mass is 9.94. The molecule has 1 heterocycles. The van der Waals surface area contributed by atoms with Crippen molar-refractivity contribution in [3.63, 3.8) is 0 Å². The van der Waals surface area contributed by atoms with E-state index in [9.17, 15) is 25.3 Å². The van der Waals surface area contributed by atoms with Gasteiger partial charge in [-0.3, -0.25) is 24.5 Å². The molecule has 2 aromatic rings. The van der Waals surface area contributed by atoms with E-state index in [4.69, 9.17) is 0 Å². The zero-order valence-electron chi connectivity index (χ0n) is 15.5. The predicted molar refractivity (Wildman–Crippen MR) is 104 cm³/mol. The Labute approximate surface area is 161 Å². The van der Waals surface area contributed by atoms with Crippen LogP contribution >= 0.6 is 0 Å². The van der Waals surface area contributed by atoms with Crippen molar-refractivity contribution in [2.45, 2.75) is 45.1 Å². The summed E-state index contributed by atoms with van der Waals surface area (Å²) in [4.78, 5) is 27.4. The topological polar surface area (TPSA) is 122 Å². The number of nitriles is 1. The predicted octanol–water partition coefficient (Wildman–Crippen LogP) is 3.90. The molecule has 1 saturated carbocycles. The number of hydrogen-bond acceptors (Lipinski definition) is 6. The second-order valence-electron chi connectivity index (χ2n) is 6.85. The molecule has 1 aliphatic carbocycles. The van der Waals surface area contributed by atoms with Crippen LogP contribution in [0.25, 0.3) is 0 Å². The number of aromatic nitrogens is 1. The van der Waals surface area contributed by atoms with E-state index in [-0.39, 0.29) is 28.7 Å². The van der Waals surface area contributed by atoms with Gasteiger partial charge in [0, 0.05) is 24.4 Å². The molecule has 0 saturated heterocycles. The van der Waals surface area contributed by atoms with Crippen molar-refractivity contribution >= 4 is 17.6 Å². The number of hydrogen-bond donors (Lipinski definition) is 1. The van der Waals surface area contributed by atoms with E-state index in [1.165, 1.54) is 29.0 Å². The zero-order chi connectivity index (χ0) is 20.3. The molecule has 0 atom stereocenters. The number of nitro benzene ring substituents is 1. The van der Waals surface area contributed by atoms with Crippen LogP contribution in [0.2, 0.25) is 0 Å². The van der Waals surface area contributed by atoms with E-state index in [2.05, 4.69) is 4.99 Å². The van der Waals surface area contributed by atoms with Crippen LogP contribution in [-0.4, -0.2) is 20.8 Å². The fourth-order valence-electron chi connectivity index (χ4n) is 3.60. The third-order valence-corrected chi connectivity index (χ3v) is 5.12. The second-order valence-corrected chi connectivity index (χ2v) is 6.85. The maximum absolute atomic E-state index is 12.7. The number of non-ortho nitro benzene ring substituents is 1. The molecule has 8 heteroatoms. The molecular formula is C20H20N4O4. The van der Waals surface area contributed by atoms with E-state index < -0.39 is 10.5 Å². The van der Waals surface area contributed by atoms with Crippen LogP contribution in [0.4, 0.5) is 11.4 Å². The van der Waals surface area contributed by atoms with Crippen LogP contribution in [0.5, 0.6) is 5.88 Å². The standard InChI is InChI=1S/C20H20N4O4/c1-13-17(11-21)19(25)23(15-7-3-2-4-8-15)20(26)18(13)12-22-14-6-5-9-16(10-14)24(27)28/h5-6,9-10,12,15,26H,2-4,7-8H2,1H3. The number of aromatic hydroxyl groups is 1. The minimum absolute atomic E-state index is 0.0242. The van der Waals surface area contributed by atoms with Gasteiger partial charge in [-0.2, -0.15) is 5.26 Å². The van der Waals surface area contributed by atoms with Gasteiger partial charge in [-0.05, 0) is 31.4 Å². The maximum Gasteiger partial charge on any atom is 0.271 e. The average Bonchev–Trinajstić information content (AvgIpc) is 2.69. The van der Waals surface area contributed by atoms with Gasteiger partial charge in [-0.15, -0.1) is 0 Å². The SMILES string of the molecule is Cc1c(C=Nc2cccc([N+](=O)[O-])c2)c(O)n(C2CCCCC2)c(=O)c1C#N. The smallest absolute Gasteiger partial charge is 0.271 e. The molecule has 1 fully saturated rings. The van der Waals surface area contributed by atoms with Crippen LogP contribution in [0.1, 0.15) is 54.8 Å². The van der Waals surface area contributed by atoms with Crippen molar-refractivity contribution in [2.75, 3.05) is 0 Å². The molecule has 1 aliphatic rings. The lowest BCUT2D eigenvalue weighted by Gasteiger charge is -2.26. The van der Waals surface area contributed by atoms with Gasteiger partial charge in [-0.25, -0.2) is 0 Å². The summed E-state index contributed by atoms with van der Waals surface area (Å²) in [5.74, 6) is -0.220. The Morgan fingerprint density at radius 1 is 1.36 bits per heavy atom. The normalized spacial score (nSPS) is 14.9. The molecule has 0 unspecified atom stereocenters. The van der Waals surface area contributed by atoms with Gasteiger partial charge >= 0.3 is 0 Å². The third kappa shape index (κ3) is 3.64. The van der Waals surface area contributed by atoms with Crippen LogP contribution in [0.15, 0.2) is 34.1 Å². The van der Waals surface area contributed by atoms with Gasteiger partial charge in [0.1, 0.15) is 11.6 Å². The van der Waals surface area contributed by atoms with Crippen LogP contribution < -0.4 is 5.56 Å². The fourth-order valence-corrected chi connectivity index (χ4v) is 3.60. The van der Waals surface area contributed by atoms with Crippen LogP contribution in [0.3, 0.4) is 0 Å². The molecule has 144 valence electrons. The Hall–Kier alpha value is -3.47. The number of rotatable bonds is 4. The Balaban J connectivity index is 2.10. The summed E-state index contributed by atoms with van der Waals surface area (Å²) >= 11 is 0. The highest BCUT2D eigenvalue weighted by molar-refractivity contribution is 5.87. The van der Waals surface area contributed by atoms with Gasteiger partial charge in [0.15, 0.2) is 0 Å². The number of pyridine rings is 1. The van der Waals surface area contributed by atoms with Gasteiger partial charge in [0.05, 0.1) is 16.2 Å². The molecule has 0 spiro atoms. The Kier molecular flexibility index (Phi) is 5.54. The molecule has 0 amide bonds. The van der Waals surface area contributed by atoms with Gasteiger partial charge in [-0.1, -0.05) is 25.3 Å². The second kappa shape index (κ2) is 8.05. The molecule has 1 N–H and O–H groups in total. The van der Waals surface area contributed by atoms with E-state index >= 15 is 0 Å². The van der Waals surface area contributed by atoms with E-state index in [1.54, 1.807) is 13.0 Å². The number of nitrogens with zero attached hydrogens (tertiary/aromatic N) is 4. The van der Waals surface area contributed by atoms with E-state index in [0.717, 1.165) is 32.1 Å². The first-order valence-corrected chi connectivity index (χ1v) is 9.10. The lowest BCUT2D eigenvalue weighted by molar-refractivity contribution is -0.384. The van der Waals surface area contributed by atoms with Crippen molar-refractivity contribution in [3.05, 3.63) is 61.4 Å². The van der Waals surface area contributed by atoms with Crippen molar-refractivity contribution < 1.29 is 10.0 Å². The van der Waals surface area contributed by atoms with Crippen molar-refractivity contribution in [1.29, 1.82) is 5.26 Å². The highest BCUT2D eigenvalue weighted by Gasteiger charge is 2.24. The fraction of sp³-hybridized carbons (Fsp3) is 0.350. The van der Waals surface area contributed by atoms with Crippen molar-refractivity contribution in [2.24, 2.45) is 4.99 Å². The number of benzene rings is 1. The third-order valence-electron chi connectivity index (χ3n) is 5.12.